The van der Waals surface area contributed by atoms with E-state index in [0.29, 0.717) is 12.8 Å². The molecule has 0 atom stereocenters. The van der Waals surface area contributed by atoms with E-state index in [-0.39, 0.29) is 39.3 Å². The molecule has 24 heavy (non-hydrogen) atoms. The maximum Gasteiger partial charge on any atom is 0.303 e. The van der Waals surface area contributed by atoms with Crippen LogP contribution in [0.1, 0.15) is 51.4 Å². The first-order chi connectivity index (χ1) is 11.3. The number of carbonyl (C=O) groups is 2. The zero-order chi connectivity index (χ0) is 19.2. The smallest absolute Gasteiger partial charge is 0.303 e. The Morgan fingerprint density at radius 1 is 0.625 bits per heavy atom. The Balaban J connectivity index is -0.000000285. The average Bonchev–Trinajstić information content (AvgIpc) is 2.56. The quantitative estimate of drug-likeness (QED) is 0.229. The summed E-state index contributed by atoms with van der Waals surface area (Å²) in [6.07, 6.45) is 3.89. The maximum atomic E-state index is 9.90. The molecule has 0 saturated carbocycles. The molecule has 0 aromatic rings. The Hall–Kier alpha value is -1.26. The van der Waals surface area contributed by atoms with Gasteiger partial charge in [0.25, 0.3) is 0 Å². The zero-order valence-electron chi connectivity index (χ0n) is 14.0. The fraction of sp³-hybridized carbons (Fsp3) is 0.867. The van der Waals surface area contributed by atoms with Gasteiger partial charge < -0.3 is 35.7 Å². The third-order valence-corrected chi connectivity index (χ3v) is 2.52. The van der Waals surface area contributed by atoms with Gasteiger partial charge in [0.05, 0.1) is 13.2 Å². The second kappa shape index (κ2) is 24.0. The predicted octanol–water partition coefficient (Wildman–Crippen LogP) is -0.421. The van der Waals surface area contributed by atoms with Crippen molar-refractivity contribution in [3.63, 3.8) is 0 Å². The van der Waals surface area contributed by atoms with Crippen LogP contribution in [0.4, 0.5) is 0 Å². The van der Waals surface area contributed by atoms with Crippen LogP contribution in [-0.2, 0) is 9.59 Å². The Morgan fingerprint density at radius 3 is 1.12 bits per heavy atom. The summed E-state index contributed by atoms with van der Waals surface area (Å²) >= 11 is 0. The van der Waals surface area contributed by atoms with Gasteiger partial charge >= 0.3 is 11.9 Å². The number of hydrogen-bond donors (Lipinski definition) is 7. The molecule has 9 nitrogen and oxygen atoms in total. The van der Waals surface area contributed by atoms with Crippen LogP contribution >= 0.6 is 0 Å². The summed E-state index contributed by atoms with van der Waals surface area (Å²) in [5, 5.41) is 56.9. The van der Waals surface area contributed by atoms with Gasteiger partial charge in [-0.2, -0.15) is 0 Å². The molecular formula is C15H32O9. The lowest BCUT2D eigenvalue weighted by molar-refractivity contribution is -0.139. The molecule has 9 heteroatoms. The SMILES string of the molecule is O=C(O)CCCCC(=O)O.OCC(O)CO.OCCCCCCO. The summed E-state index contributed by atoms with van der Waals surface area (Å²) in [5.74, 6) is -1.74. The first kappa shape index (κ1) is 27.6. The van der Waals surface area contributed by atoms with E-state index in [2.05, 4.69) is 0 Å². The van der Waals surface area contributed by atoms with Crippen molar-refractivity contribution in [2.75, 3.05) is 26.4 Å². The van der Waals surface area contributed by atoms with Gasteiger partial charge in [0, 0.05) is 26.1 Å². The minimum atomic E-state index is -0.954. The molecule has 7 N–H and O–H groups in total. The fourth-order valence-corrected chi connectivity index (χ4v) is 1.19. The molecule has 0 aromatic carbocycles. The Bertz CT molecular complexity index is 246. The van der Waals surface area contributed by atoms with Crippen LogP contribution in [0.3, 0.4) is 0 Å². The first-order valence-electron chi connectivity index (χ1n) is 7.90. The zero-order valence-corrected chi connectivity index (χ0v) is 14.0. The molecule has 0 aliphatic carbocycles. The number of carboxylic acid groups (broad SMARTS) is 2. The molecule has 0 heterocycles. The summed E-state index contributed by atoms with van der Waals surface area (Å²) in [7, 11) is 0. The highest BCUT2D eigenvalue weighted by Crippen LogP contribution is 1.98. The third kappa shape index (κ3) is 37.2. The summed E-state index contributed by atoms with van der Waals surface area (Å²) in [4.78, 5) is 19.8. The number of aliphatic hydroxyl groups excluding tert-OH is 5. The van der Waals surface area contributed by atoms with E-state index in [1.54, 1.807) is 0 Å². The van der Waals surface area contributed by atoms with E-state index < -0.39 is 18.0 Å². The minimum absolute atomic E-state index is 0.0628. The van der Waals surface area contributed by atoms with Crippen molar-refractivity contribution in [1.29, 1.82) is 0 Å². The van der Waals surface area contributed by atoms with Crippen molar-refractivity contribution in [3.8, 4) is 0 Å². The van der Waals surface area contributed by atoms with Crippen molar-refractivity contribution in [3.05, 3.63) is 0 Å². The summed E-state index contributed by atoms with van der Waals surface area (Å²) in [5.41, 5.74) is 0. The number of unbranched alkanes of at least 4 members (excludes halogenated alkanes) is 4. The van der Waals surface area contributed by atoms with Crippen LogP contribution < -0.4 is 0 Å². The van der Waals surface area contributed by atoms with E-state index in [1.807, 2.05) is 0 Å². The van der Waals surface area contributed by atoms with Crippen molar-refractivity contribution in [1.82, 2.24) is 0 Å². The van der Waals surface area contributed by atoms with Gasteiger partial charge in [-0.1, -0.05) is 12.8 Å². The largest absolute Gasteiger partial charge is 0.481 e. The van der Waals surface area contributed by atoms with E-state index in [9.17, 15) is 9.59 Å². The molecule has 0 aliphatic heterocycles. The third-order valence-electron chi connectivity index (χ3n) is 2.52. The van der Waals surface area contributed by atoms with Crippen molar-refractivity contribution < 1.29 is 45.3 Å². The Kier molecular flexibility index (Phi) is 27.6. The standard InChI is InChI=1S/C6H10O4.C6H14O2.C3H8O3/c7-5(8)3-1-2-4-6(9)10;7-5-3-1-2-4-6-8;4-1-3(6)2-5/h1-4H2,(H,7,8)(H,9,10);7-8H,1-6H2;3-6H,1-2H2. The number of aliphatic hydroxyl groups is 5. The van der Waals surface area contributed by atoms with Crippen LogP contribution in [0.2, 0.25) is 0 Å². The van der Waals surface area contributed by atoms with Gasteiger partial charge in [-0.15, -0.1) is 0 Å². The van der Waals surface area contributed by atoms with E-state index in [4.69, 9.17) is 35.7 Å². The van der Waals surface area contributed by atoms with Gasteiger partial charge in [0.15, 0.2) is 0 Å². The molecule has 0 bridgehead atoms. The summed E-state index contributed by atoms with van der Waals surface area (Å²) in [6, 6.07) is 0. The van der Waals surface area contributed by atoms with Crippen molar-refractivity contribution in [2.45, 2.75) is 57.5 Å². The lowest BCUT2D eigenvalue weighted by Gasteiger charge is -1.96. The van der Waals surface area contributed by atoms with Gasteiger partial charge in [-0.25, -0.2) is 0 Å². The number of rotatable bonds is 12. The second-order valence-electron chi connectivity index (χ2n) is 4.87. The van der Waals surface area contributed by atoms with Crippen LogP contribution in [0, 0.1) is 0 Å². The fourth-order valence-electron chi connectivity index (χ4n) is 1.19. The monoisotopic (exact) mass is 356 g/mol. The van der Waals surface area contributed by atoms with Crippen LogP contribution in [-0.4, -0.2) is 80.2 Å². The minimum Gasteiger partial charge on any atom is -0.481 e. The highest BCUT2D eigenvalue weighted by atomic mass is 16.4. The number of aliphatic carboxylic acids is 2. The lowest BCUT2D eigenvalue weighted by Crippen LogP contribution is -2.15. The van der Waals surface area contributed by atoms with Crippen LogP contribution in [0.15, 0.2) is 0 Å². The molecule has 0 radical (unpaired) electrons. The lowest BCUT2D eigenvalue weighted by atomic mass is 10.2. The van der Waals surface area contributed by atoms with Crippen LogP contribution in [0.5, 0.6) is 0 Å². The van der Waals surface area contributed by atoms with E-state index in [1.165, 1.54) is 0 Å². The maximum absolute atomic E-state index is 9.90. The molecule has 0 aliphatic rings. The predicted molar refractivity (Wildman–Crippen MR) is 86.6 cm³/mol. The molecule has 0 rings (SSSR count). The van der Waals surface area contributed by atoms with Crippen LogP contribution in [0.25, 0.3) is 0 Å². The van der Waals surface area contributed by atoms with E-state index in [0.717, 1.165) is 25.7 Å². The van der Waals surface area contributed by atoms with Crippen molar-refractivity contribution >= 4 is 11.9 Å². The van der Waals surface area contributed by atoms with Gasteiger partial charge in [0.1, 0.15) is 6.10 Å². The number of hydrogen-bond acceptors (Lipinski definition) is 7. The highest BCUT2D eigenvalue weighted by molar-refractivity contribution is 5.67. The van der Waals surface area contributed by atoms with E-state index >= 15 is 0 Å². The first-order valence-corrected chi connectivity index (χ1v) is 7.90. The molecule has 0 spiro atoms. The summed E-state index contributed by atoms with van der Waals surface area (Å²) in [6.45, 7) is -0.163. The molecule has 0 aromatic heterocycles. The molecule has 0 fully saturated rings. The van der Waals surface area contributed by atoms with Crippen molar-refractivity contribution in [2.24, 2.45) is 0 Å². The summed E-state index contributed by atoms with van der Waals surface area (Å²) < 4.78 is 0. The Morgan fingerprint density at radius 2 is 0.958 bits per heavy atom. The molecule has 146 valence electrons. The highest BCUT2D eigenvalue weighted by Gasteiger charge is 1.99. The average molecular weight is 356 g/mol. The van der Waals surface area contributed by atoms with Gasteiger partial charge in [-0.3, -0.25) is 9.59 Å². The Labute approximate surface area is 142 Å². The second-order valence-corrected chi connectivity index (χ2v) is 4.87. The topological polar surface area (TPSA) is 176 Å². The molecule has 0 unspecified atom stereocenters. The molecule has 0 amide bonds. The van der Waals surface area contributed by atoms with Gasteiger partial charge in [-0.05, 0) is 25.7 Å². The molecule has 0 saturated heterocycles. The number of carboxylic acids is 2. The molecular weight excluding hydrogens is 324 g/mol. The van der Waals surface area contributed by atoms with Gasteiger partial charge in [0.2, 0.25) is 0 Å². The normalized spacial score (nSPS) is 9.58.